The summed E-state index contributed by atoms with van der Waals surface area (Å²) in [4.78, 5) is 8.26. The van der Waals surface area contributed by atoms with Crippen LogP contribution in [0.2, 0.25) is 0 Å². The van der Waals surface area contributed by atoms with Gasteiger partial charge in [-0.2, -0.15) is 18.3 Å². The molecule has 38 heavy (non-hydrogen) atoms. The molecule has 0 saturated carbocycles. The second-order valence-electron chi connectivity index (χ2n) is 8.16. The van der Waals surface area contributed by atoms with Gasteiger partial charge >= 0.3 is 6.18 Å². The molecule has 2 rings (SSSR count). The molecule has 208 valence electrons. The number of alkyl halides is 3. The number of ether oxygens (including phenoxy) is 1. The molecular formula is C29H38ClF3N4O. The number of aliphatic imine (C=N–C) groups is 2. The van der Waals surface area contributed by atoms with Crippen molar-refractivity contribution in [2.24, 2.45) is 15.9 Å². The van der Waals surface area contributed by atoms with Gasteiger partial charge in [0.25, 0.3) is 0 Å². The number of rotatable bonds is 12. The summed E-state index contributed by atoms with van der Waals surface area (Å²) in [7, 11) is 0. The summed E-state index contributed by atoms with van der Waals surface area (Å²) >= 11 is 6.14. The lowest BCUT2D eigenvalue weighted by Crippen LogP contribution is -2.17. The lowest BCUT2D eigenvalue weighted by molar-refractivity contribution is -0.0924. The maximum absolute atomic E-state index is 13.3. The number of hydrogen-bond acceptors (Lipinski definition) is 4. The van der Waals surface area contributed by atoms with Crippen molar-refractivity contribution in [2.45, 2.75) is 73.6 Å². The van der Waals surface area contributed by atoms with Gasteiger partial charge in [-0.3, -0.25) is 5.10 Å². The summed E-state index contributed by atoms with van der Waals surface area (Å²) in [6, 6.07) is 8.90. The van der Waals surface area contributed by atoms with Crippen LogP contribution in [-0.4, -0.2) is 27.3 Å². The Morgan fingerprint density at radius 3 is 2.34 bits per heavy atom. The first kappa shape index (κ1) is 32.9. The number of nitrogens with zero attached hydrogens (tertiary/aromatic N) is 3. The molecule has 1 aromatic heterocycles. The Hall–Kier alpha value is -3.13. The fraction of sp³-hybridized carbons (Fsp3) is 0.414. The maximum atomic E-state index is 13.3. The quantitative estimate of drug-likeness (QED) is 0.162. The highest BCUT2D eigenvalue weighted by molar-refractivity contribution is 6.65. The normalized spacial score (nSPS) is 14.1. The first-order valence-corrected chi connectivity index (χ1v) is 13.1. The van der Waals surface area contributed by atoms with Crippen LogP contribution in [0.4, 0.5) is 13.2 Å². The average molecular weight is 551 g/mol. The lowest BCUT2D eigenvalue weighted by atomic mass is 9.95. The maximum Gasteiger partial charge on any atom is 0.433 e. The van der Waals surface area contributed by atoms with Crippen molar-refractivity contribution in [3.63, 3.8) is 0 Å². The molecule has 1 aromatic carbocycles. The number of halogens is 4. The average Bonchev–Trinajstić information content (AvgIpc) is 3.43. The first-order chi connectivity index (χ1) is 18.1. The number of H-pyrrole nitrogens is 1. The topological polar surface area (TPSA) is 62.6 Å². The second-order valence-corrected chi connectivity index (χ2v) is 8.59. The van der Waals surface area contributed by atoms with Crippen molar-refractivity contribution in [1.29, 1.82) is 0 Å². The number of hydrogen-bond donors (Lipinski definition) is 1. The van der Waals surface area contributed by atoms with Crippen LogP contribution >= 0.6 is 11.6 Å². The number of allylic oxidation sites excluding steroid dienone is 3. The zero-order valence-electron chi connectivity index (χ0n) is 23.0. The van der Waals surface area contributed by atoms with Gasteiger partial charge in [0.2, 0.25) is 0 Å². The molecule has 1 unspecified atom stereocenters. The predicted molar refractivity (Wildman–Crippen MR) is 152 cm³/mol. The van der Waals surface area contributed by atoms with Gasteiger partial charge in [0.1, 0.15) is 23.2 Å². The van der Waals surface area contributed by atoms with Gasteiger partial charge in [0.15, 0.2) is 0 Å². The molecule has 0 radical (unpaired) electrons. The standard InChI is InChI=1S/C27H32ClF3N4O.C2H6/c1-6-9-25(28)32-16-22(23-14-15-33-35-23)19(5)36-17-20-10-12-21(13-11-20)26(18(4)7-2)34-24(8-3)27(29,30)31;1-2/h8,10-16,18H,5-7,9,17H2,1-4H3,(H,33,35);1-2H3/b22-16+,24-8-,32-25?,34-26?;. The molecule has 0 saturated heterocycles. The molecule has 2 aromatic rings. The minimum absolute atomic E-state index is 0.147. The Labute approximate surface area is 229 Å². The van der Waals surface area contributed by atoms with Crippen molar-refractivity contribution < 1.29 is 17.9 Å². The Morgan fingerprint density at radius 1 is 1.18 bits per heavy atom. The zero-order valence-corrected chi connectivity index (χ0v) is 23.7. The van der Waals surface area contributed by atoms with Gasteiger partial charge in [0, 0.05) is 18.8 Å². The molecule has 1 atom stereocenters. The molecule has 0 spiro atoms. The van der Waals surface area contributed by atoms with Gasteiger partial charge in [0.05, 0.1) is 17.0 Å². The fourth-order valence-electron chi connectivity index (χ4n) is 3.20. The van der Waals surface area contributed by atoms with E-state index in [9.17, 15) is 13.2 Å². The molecule has 5 nitrogen and oxygen atoms in total. The summed E-state index contributed by atoms with van der Waals surface area (Å²) in [6.45, 7) is 15.3. The largest absolute Gasteiger partial charge is 0.489 e. The third kappa shape index (κ3) is 10.3. The van der Waals surface area contributed by atoms with E-state index in [1.165, 1.54) is 6.92 Å². The molecule has 0 amide bonds. The Kier molecular flexibility index (Phi) is 14.4. The number of aromatic nitrogens is 2. The van der Waals surface area contributed by atoms with E-state index in [0.29, 0.717) is 46.3 Å². The minimum atomic E-state index is -4.51. The van der Waals surface area contributed by atoms with Crippen LogP contribution in [0.15, 0.2) is 76.8 Å². The third-order valence-electron chi connectivity index (χ3n) is 5.43. The summed E-state index contributed by atoms with van der Waals surface area (Å²) in [5, 5.41) is 7.31. The van der Waals surface area contributed by atoms with E-state index in [2.05, 4.69) is 26.8 Å². The first-order valence-electron chi connectivity index (χ1n) is 12.8. The summed E-state index contributed by atoms with van der Waals surface area (Å²) < 4.78 is 45.7. The molecule has 0 aliphatic heterocycles. The molecule has 9 heteroatoms. The highest BCUT2D eigenvalue weighted by Gasteiger charge is 2.33. The van der Waals surface area contributed by atoms with E-state index < -0.39 is 11.9 Å². The summed E-state index contributed by atoms with van der Waals surface area (Å²) in [6.07, 6.45) is 1.87. The minimum Gasteiger partial charge on any atom is -0.489 e. The highest BCUT2D eigenvalue weighted by Crippen LogP contribution is 2.29. The van der Waals surface area contributed by atoms with Gasteiger partial charge in [-0.15, -0.1) is 0 Å². The Bertz CT molecular complexity index is 1120. The SMILES string of the molecule is C=C(OCc1ccc(C(=N/C(=C\C)C(F)(F)F)C(C)CC)cc1)/C(=C\N=C(Cl)CCC)c1ccn[nH]1.CC. The Morgan fingerprint density at radius 2 is 1.84 bits per heavy atom. The van der Waals surface area contributed by atoms with Gasteiger partial charge in [-0.05, 0) is 42.9 Å². The van der Waals surface area contributed by atoms with Crippen LogP contribution in [-0.2, 0) is 11.3 Å². The Balaban J connectivity index is 0.00000352. The van der Waals surface area contributed by atoms with Crippen molar-refractivity contribution in [2.75, 3.05) is 0 Å². The van der Waals surface area contributed by atoms with Crippen LogP contribution in [0.5, 0.6) is 0 Å². The molecule has 0 fully saturated rings. The molecule has 1 N–H and O–H groups in total. The summed E-state index contributed by atoms with van der Waals surface area (Å²) in [5.41, 5.74) is 2.23. The van der Waals surface area contributed by atoms with Gasteiger partial charge < -0.3 is 4.74 Å². The third-order valence-corrected chi connectivity index (χ3v) is 5.71. The van der Waals surface area contributed by atoms with E-state index in [4.69, 9.17) is 16.3 Å². The number of aromatic amines is 1. The fourth-order valence-corrected chi connectivity index (χ4v) is 3.43. The van der Waals surface area contributed by atoms with Crippen molar-refractivity contribution >= 4 is 28.1 Å². The van der Waals surface area contributed by atoms with Crippen molar-refractivity contribution in [3.05, 3.63) is 83.7 Å². The van der Waals surface area contributed by atoms with Crippen LogP contribution in [0, 0.1) is 5.92 Å². The molecule has 0 aliphatic carbocycles. The lowest BCUT2D eigenvalue weighted by Gasteiger charge is -2.16. The monoisotopic (exact) mass is 550 g/mol. The highest BCUT2D eigenvalue weighted by atomic mass is 35.5. The van der Waals surface area contributed by atoms with E-state index in [1.54, 1.807) is 42.7 Å². The predicted octanol–water partition coefficient (Wildman–Crippen LogP) is 9.25. The molecule has 0 aliphatic rings. The van der Waals surface area contributed by atoms with E-state index in [-0.39, 0.29) is 12.5 Å². The van der Waals surface area contributed by atoms with Gasteiger partial charge in [-0.1, -0.05) is 83.1 Å². The van der Waals surface area contributed by atoms with E-state index in [1.807, 2.05) is 34.6 Å². The van der Waals surface area contributed by atoms with Crippen molar-refractivity contribution in [3.8, 4) is 0 Å². The number of benzene rings is 1. The second kappa shape index (κ2) is 16.7. The smallest absolute Gasteiger partial charge is 0.433 e. The van der Waals surface area contributed by atoms with E-state index >= 15 is 0 Å². The molecule has 1 heterocycles. The van der Waals surface area contributed by atoms with Crippen LogP contribution in [0.1, 0.15) is 77.6 Å². The summed E-state index contributed by atoms with van der Waals surface area (Å²) in [5.74, 6) is 0.226. The number of nitrogens with one attached hydrogen (secondary N) is 1. The van der Waals surface area contributed by atoms with Crippen LogP contribution < -0.4 is 0 Å². The van der Waals surface area contributed by atoms with Crippen LogP contribution in [0.3, 0.4) is 0 Å². The van der Waals surface area contributed by atoms with Gasteiger partial charge in [-0.25, -0.2) is 9.98 Å². The zero-order chi connectivity index (χ0) is 28.7. The van der Waals surface area contributed by atoms with Crippen LogP contribution in [0.25, 0.3) is 5.57 Å². The molecular weight excluding hydrogens is 513 g/mol. The van der Waals surface area contributed by atoms with Crippen molar-refractivity contribution in [1.82, 2.24) is 10.2 Å². The van der Waals surface area contributed by atoms with E-state index in [0.717, 1.165) is 18.1 Å². The molecule has 0 bridgehead atoms.